The fraction of sp³-hybridized carbons (Fsp3) is 0.441. The minimum atomic E-state index is 0.495. The summed E-state index contributed by atoms with van der Waals surface area (Å²) in [4.78, 5) is 7.36. The van der Waals surface area contributed by atoms with Gasteiger partial charge >= 0.3 is 0 Å². The van der Waals surface area contributed by atoms with Gasteiger partial charge in [-0.3, -0.25) is 4.99 Å². The molecule has 0 bridgehead atoms. The number of anilines is 1. The molecule has 0 aromatic heterocycles. The lowest BCUT2D eigenvalue weighted by Crippen LogP contribution is -2.41. The molecule has 0 spiro atoms. The number of piperidine rings is 1. The standard InChI is InChI=1S/C34H45N3/c1-6-28(17-12-25(2)3)30-22-32(29-18-20-37(21-19-29)31-10-8-7-9-11-31)34(35-5)33(23-30)36-24-27-15-13-26(4)14-16-27/h6,12-17,22-23,29,31,36H,1,5,7-11,18-21,24H2,2-4H3/b28-17+. The van der Waals surface area contributed by atoms with Gasteiger partial charge in [0, 0.05) is 12.6 Å². The molecular formula is C34H45N3. The number of likely N-dealkylation sites (tertiary alicyclic amines) is 1. The van der Waals surface area contributed by atoms with Crippen LogP contribution in [0.25, 0.3) is 5.57 Å². The summed E-state index contributed by atoms with van der Waals surface area (Å²) in [5, 5.41) is 3.70. The van der Waals surface area contributed by atoms with Crippen molar-refractivity contribution >= 4 is 23.7 Å². The summed E-state index contributed by atoms with van der Waals surface area (Å²) >= 11 is 0. The van der Waals surface area contributed by atoms with Crippen LogP contribution in [0, 0.1) is 6.92 Å². The number of hydrogen-bond acceptors (Lipinski definition) is 3. The molecule has 2 aromatic carbocycles. The van der Waals surface area contributed by atoms with Crippen LogP contribution in [0.3, 0.4) is 0 Å². The average Bonchev–Trinajstić information content (AvgIpc) is 2.93. The predicted octanol–water partition coefficient (Wildman–Crippen LogP) is 8.99. The zero-order valence-electron chi connectivity index (χ0n) is 23.2. The summed E-state index contributed by atoms with van der Waals surface area (Å²) in [5.74, 6) is 0.495. The van der Waals surface area contributed by atoms with Crippen LogP contribution in [0.4, 0.5) is 11.4 Å². The van der Waals surface area contributed by atoms with Gasteiger partial charge in [0.15, 0.2) is 0 Å². The van der Waals surface area contributed by atoms with E-state index in [-0.39, 0.29) is 0 Å². The second kappa shape index (κ2) is 13.1. The second-order valence-corrected chi connectivity index (χ2v) is 11.1. The molecule has 2 fully saturated rings. The van der Waals surface area contributed by atoms with Gasteiger partial charge in [-0.15, -0.1) is 0 Å². The van der Waals surface area contributed by atoms with Crippen molar-refractivity contribution in [2.45, 2.75) is 84.2 Å². The molecule has 3 nitrogen and oxygen atoms in total. The Bertz CT molecular complexity index is 1120. The molecule has 1 saturated carbocycles. The fourth-order valence-electron chi connectivity index (χ4n) is 5.91. The van der Waals surface area contributed by atoms with Gasteiger partial charge in [0.1, 0.15) is 0 Å². The lowest BCUT2D eigenvalue weighted by Gasteiger charge is -2.39. The minimum absolute atomic E-state index is 0.495. The van der Waals surface area contributed by atoms with Crippen LogP contribution in [-0.4, -0.2) is 30.7 Å². The lowest BCUT2D eigenvalue weighted by molar-refractivity contribution is 0.122. The number of benzene rings is 2. The Labute approximate surface area is 225 Å². The molecule has 1 heterocycles. The van der Waals surface area contributed by atoms with E-state index >= 15 is 0 Å². The minimum Gasteiger partial charge on any atom is -0.379 e. The Kier molecular flexibility index (Phi) is 9.57. The first kappa shape index (κ1) is 27.1. The van der Waals surface area contributed by atoms with Crippen LogP contribution >= 0.6 is 0 Å². The summed E-state index contributed by atoms with van der Waals surface area (Å²) < 4.78 is 0. The highest BCUT2D eigenvalue weighted by Gasteiger charge is 2.28. The Morgan fingerprint density at radius 3 is 2.32 bits per heavy atom. The third-order valence-corrected chi connectivity index (χ3v) is 8.11. The Balaban J connectivity index is 1.64. The predicted molar refractivity (Wildman–Crippen MR) is 162 cm³/mol. The number of nitrogens with one attached hydrogen (secondary N) is 1. The number of aryl methyl sites for hydroxylation is 1. The van der Waals surface area contributed by atoms with Gasteiger partial charge in [0.2, 0.25) is 0 Å². The second-order valence-electron chi connectivity index (χ2n) is 11.1. The van der Waals surface area contributed by atoms with E-state index in [9.17, 15) is 0 Å². The van der Waals surface area contributed by atoms with Gasteiger partial charge in [-0.2, -0.15) is 0 Å². The third kappa shape index (κ3) is 7.11. The Morgan fingerprint density at radius 1 is 1.00 bits per heavy atom. The molecule has 2 aliphatic rings. The molecule has 3 heteroatoms. The summed E-state index contributed by atoms with van der Waals surface area (Å²) in [7, 11) is 0. The Morgan fingerprint density at radius 2 is 1.70 bits per heavy atom. The van der Waals surface area contributed by atoms with Crippen LogP contribution in [0.2, 0.25) is 0 Å². The highest BCUT2D eigenvalue weighted by atomic mass is 15.2. The molecule has 1 saturated heterocycles. The topological polar surface area (TPSA) is 27.6 Å². The molecule has 1 aliphatic carbocycles. The van der Waals surface area contributed by atoms with E-state index in [4.69, 9.17) is 0 Å². The fourth-order valence-corrected chi connectivity index (χ4v) is 5.91. The van der Waals surface area contributed by atoms with E-state index < -0.39 is 0 Å². The molecule has 37 heavy (non-hydrogen) atoms. The maximum Gasteiger partial charge on any atom is 0.0888 e. The lowest BCUT2D eigenvalue weighted by atomic mass is 9.84. The molecule has 0 radical (unpaired) electrons. The molecule has 1 aliphatic heterocycles. The number of hydrogen-bond donors (Lipinski definition) is 1. The molecule has 2 aromatic rings. The van der Waals surface area contributed by atoms with E-state index in [1.807, 2.05) is 6.08 Å². The molecule has 0 unspecified atom stereocenters. The summed E-state index contributed by atoms with van der Waals surface area (Å²) in [6.45, 7) is 17.7. The first-order valence-corrected chi connectivity index (χ1v) is 14.1. The van der Waals surface area contributed by atoms with Gasteiger partial charge in [0.05, 0.1) is 11.4 Å². The zero-order chi connectivity index (χ0) is 26.2. The van der Waals surface area contributed by atoms with Crippen molar-refractivity contribution in [2.24, 2.45) is 4.99 Å². The third-order valence-electron chi connectivity index (χ3n) is 8.11. The highest BCUT2D eigenvalue weighted by Crippen LogP contribution is 2.42. The maximum absolute atomic E-state index is 4.60. The summed E-state index contributed by atoms with van der Waals surface area (Å²) in [5.41, 5.74) is 9.54. The first-order valence-electron chi connectivity index (χ1n) is 14.1. The van der Waals surface area contributed by atoms with E-state index in [0.29, 0.717) is 5.92 Å². The monoisotopic (exact) mass is 495 g/mol. The maximum atomic E-state index is 4.60. The van der Waals surface area contributed by atoms with Gasteiger partial charge in [-0.1, -0.05) is 79.5 Å². The van der Waals surface area contributed by atoms with Crippen molar-refractivity contribution in [3.05, 3.63) is 89.0 Å². The van der Waals surface area contributed by atoms with Gasteiger partial charge in [-0.25, -0.2) is 0 Å². The number of nitrogens with zero attached hydrogens (tertiary/aromatic N) is 2. The van der Waals surface area contributed by atoms with Gasteiger partial charge < -0.3 is 10.2 Å². The molecule has 0 atom stereocenters. The van der Waals surface area contributed by atoms with Crippen molar-refractivity contribution in [1.82, 2.24) is 4.90 Å². The Hall–Kier alpha value is -2.91. The number of aliphatic imine (C=N–C) groups is 1. The molecule has 1 N–H and O–H groups in total. The largest absolute Gasteiger partial charge is 0.379 e. The van der Waals surface area contributed by atoms with Crippen molar-refractivity contribution in [2.75, 3.05) is 18.4 Å². The zero-order valence-corrected chi connectivity index (χ0v) is 23.2. The SMILES string of the molecule is C=C/C(=C\C=C(C)C)c1cc(NCc2ccc(C)cc2)c(N=C)c(C2CCN(C3CCCCC3)CC2)c1. The quantitative estimate of drug-likeness (QED) is 0.278. The van der Waals surface area contributed by atoms with E-state index in [1.54, 1.807) is 0 Å². The first-order chi connectivity index (χ1) is 18.0. The van der Waals surface area contributed by atoms with Crippen molar-refractivity contribution < 1.29 is 0 Å². The average molecular weight is 496 g/mol. The van der Waals surface area contributed by atoms with Crippen LogP contribution in [0.5, 0.6) is 0 Å². The van der Waals surface area contributed by atoms with Gasteiger partial charge in [-0.05, 0) is 107 Å². The van der Waals surface area contributed by atoms with Crippen LogP contribution in [-0.2, 0) is 6.54 Å². The molecular weight excluding hydrogens is 450 g/mol. The molecule has 196 valence electrons. The van der Waals surface area contributed by atoms with Gasteiger partial charge in [0.25, 0.3) is 0 Å². The molecule has 4 rings (SSSR count). The summed E-state index contributed by atoms with van der Waals surface area (Å²) in [6, 6.07) is 14.1. The van der Waals surface area contributed by atoms with Crippen molar-refractivity contribution in [1.29, 1.82) is 0 Å². The molecule has 0 amide bonds. The smallest absolute Gasteiger partial charge is 0.0888 e. The highest BCUT2D eigenvalue weighted by molar-refractivity contribution is 5.83. The van der Waals surface area contributed by atoms with Crippen LogP contribution < -0.4 is 5.32 Å². The number of allylic oxidation sites excluding steroid dienone is 5. The van der Waals surface area contributed by atoms with Crippen LogP contribution in [0.1, 0.15) is 87.0 Å². The van der Waals surface area contributed by atoms with Crippen LogP contribution in [0.15, 0.2) is 71.8 Å². The van der Waals surface area contributed by atoms with Crippen molar-refractivity contribution in [3.8, 4) is 0 Å². The normalized spacial score (nSPS) is 17.9. The number of rotatable bonds is 9. The van der Waals surface area contributed by atoms with E-state index in [2.05, 4.69) is 97.8 Å². The van der Waals surface area contributed by atoms with E-state index in [0.717, 1.165) is 29.5 Å². The van der Waals surface area contributed by atoms with E-state index in [1.165, 1.54) is 85.9 Å². The van der Waals surface area contributed by atoms with Crippen molar-refractivity contribution in [3.63, 3.8) is 0 Å². The summed E-state index contributed by atoms with van der Waals surface area (Å²) in [6.07, 6.45) is 15.6.